The number of carbonyl (C=O) groups excluding carboxylic acids is 1. The van der Waals surface area contributed by atoms with Crippen LogP contribution in [-0.2, 0) is 17.9 Å². The number of fused-ring (bicyclic) bond motifs is 3. The molecule has 1 aliphatic carbocycles. The van der Waals surface area contributed by atoms with Crippen molar-refractivity contribution in [3.8, 4) is 0 Å². The van der Waals surface area contributed by atoms with Gasteiger partial charge in [-0.15, -0.1) is 0 Å². The molecule has 5 rings (SSSR count). The van der Waals surface area contributed by atoms with Gasteiger partial charge < -0.3 is 9.88 Å². The summed E-state index contributed by atoms with van der Waals surface area (Å²) >= 11 is 6.30. The van der Waals surface area contributed by atoms with Crippen molar-refractivity contribution < 1.29 is 4.79 Å². The number of nitrogens with zero attached hydrogens (tertiary/aromatic N) is 3. The summed E-state index contributed by atoms with van der Waals surface area (Å²) in [6.45, 7) is 0.408. The van der Waals surface area contributed by atoms with Crippen LogP contribution in [0.5, 0.6) is 0 Å². The molecule has 0 unspecified atom stereocenters. The predicted molar refractivity (Wildman–Crippen MR) is 122 cm³/mol. The van der Waals surface area contributed by atoms with Crippen molar-refractivity contribution in [2.24, 2.45) is 0 Å². The fraction of sp³-hybridized carbons (Fsp3) is 0.292. The number of amides is 1. The van der Waals surface area contributed by atoms with Gasteiger partial charge >= 0.3 is 0 Å². The second-order valence-corrected chi connectivity index (χ2v) is 8.53. The highest BCUT2D eigenvalue weighted by Crippen LogP contribution is 2.26. The molecule has 0 bridgehead atoms. The van der Waals surface area contributed by atoms with E-state index in [1.807, 2.05) is 42.5 Å². The number of carbonyl (C=O) groups is 1. The topological polar surface area (TPSA) is 68.9 Å². The molecule has 31 heavy (non-hydrogen) atoms. The maximum absolute atomic E-state index is 13.5. The van der Waals surface area contributed by atoms with Gasteiger partial charge in [0.1, 0.15) is 17.6 Å². The van der Waals surface area contributed by atoms with E-state index in [2.05, 4.69) is 10.3 Å². The molecule has 158 valence electrons. The van der Waals surface area contributed by atoms with Gasteiger partial charge in [0.2, 0.25) is 5.91 Å². The highest BCUT2D eigenvalue weighted by Gasteiger charge is 2.21. The largest absolute Gasteiger partial charge is 0.352 e. The Morgan fingerprint density at radius 3 is 2.65 bits per heavy atom. The molecule has 0 saturated heterocycles. The molecule has 0 atom stereocenters. The summed E-state index contributed by atoms with van der Waals surface area (Å²) < 4.78 is 3.35. The summed E-state index contributed by atoms with van der Waals surface area (Å²) in [7, 11) is 0. The molecule has 0 aliphatic heterocycles. The Labute approximate surface area is 184 Å². The standard InChI is InChI=1S/C24H23ClN4O2/c25-19-11-5-1-7-16(19)13-28-15-26-22-18-10-4-6-12-20(18)29(23(22)24(28)31)14-21(30)27-17-8-2-3-9-17/h1,4-7,10-12,15,17H,2-3,8-9,13-14H2,(H,27,30). The third-order valence-electron chi connectivity index (χ3n) is 6.05. The first kappa shape index (κ1) is 19.8. The number of aromatic nitrogens is 3. The molecule has 4 aromatic rings. The Hall–Kier alpha value is -3.12. The fourth-order valence-electron chi connectivity index (χ4n) is 4.52. The average Bonchev–Trinajstić information content (AvgIpc) is 3.38. The minimum atomic E-state index is -0.185. The van der Waals surface area contributed by atoms with Crippen LogP contribution in [-0.4, -0.2) is 26.1 Å². The zero-order valence-electron chi connectivity index (χ0n) is 17.1. The number of nitrogens with one attached hydrogen (secondary N) is 1. The Kier molecular flexibility index (Phi) is 5.24. The van der Waals surface area contributed by atoms with E-state index in [1.165, 1.54) is 0 Å². The van der Waals surface area contributed by atoms with Crippen LogP contribution in [0, 0.1) is 0 Å². The van der Waals surface area contributed by atoms with Crippen LogP contribution in [0.1, 0.15) is 31.2 Å². The summed E-state index contributed by atoms with van der Waals surface area (Å²) in [5.74, 6) is -0.0736. The van der Waals surface area contributed by atoms with E-state index in [0.717, 1.165) is 42.1 Å². The van der Waals surface area contributed by atoms with Crippen molar-refractivity contribution >= 4 is 39.4 Å². The van der Waals surface area contributed by atoms with Gasteiger partial charge in [-0.1, -0.05) is 60.8 Å². The molecule has 2 aromatic heterocycles. The van der Waals surface area contributed by atoms with E-state index >= 15 is 0 Å². The molecule has 1 aliphatic rings. The van der Waals surface area contributed by atoms with Gasteiger partial charge in [-0.3, -0.25) is 14.2 Å². The molecule has 0 spiro atoms. The number of para-hydroxylation sites is 1. The summed E-state index contributed by atoms with van der Waals surface area (Å²) in [4.78, 5) is 30.9. The number of benzene rings is 2. The van der Waals surface area contributed by atoms with Crippen LogP contribution in [0.2, 0.25) is 5.02 Å². The van der Waals surface area contributed by atoms with Crippen LogP contribution in [0.15, 0.2) is 59.7 Å². The Bertz CT molecular complexity index is 1330. The molecule has 2 aromatic carbocycles. The maximum atomic E-state index is 13.5. The number of hydrogen-bond acceptors (Lipinski definition) is 3. The summed E-state index contributed by atoms with van der Waals surface area (Å²) in [6, 6.07) is 15.4. The summed E-state index contributed by atoms with van der Waals surface area (Å²) in [5, 5.41) is 4.59. The first-order valence-corrected chi connectivity index (χ1v) is 11.0. The van der Waals surface area contributed by atoms with E-state index in [0.29, 0.717) is 22.6 Å². The smallest absolute Gasteiger partial charge is 0.278 e. The van der Waals surface area contributed by atoms with Crippen molar-refractivity contribution in [2.45, 2.75) is 44.8 Å². The van der Waals surface area contributed by atoms with Crippen molar-refractivity contribution in [1.82, 2.24) is 19.4 Å². The lowest BCUT2D eigenvalue weighted by atomic mass is 10.2. The van der Waals surface area contributed by atoms with Gasteiger partial charge in [0.25, 0.3) is 5.56 Å². The lowest BCUT2D eigenvalue weighted by Gasteiger charge is -2.13. The van der Waals surface area contributed by atoms with Gasteiger partial charge in [-0.2, -0.15) is 0 Å². The van der Waals surface area contributed by atoms with Crippen molar-refractivity contribution in [2.75, 3.05) is 0 Å². The molecular formula is C24H23ClN4O2. The minimum absolute atomic E-state index is 0.0736. The Morgan fingerprint density at radius 1 is 1.10 bits per heavy atom. The third kappa shape index (κ3) is 3.72. The van der Waals surface area contributed by atoms with E-state index in [4.69, 9.17) is 11.6 Å². The lowest BCUT2D eigenvalue weighted by molar-refractivity contribution is -0.122. The minimum Gasteiger partial charge on any atom is -0.352 e. The first-order chi connectivity index (χ1) is 15.1. The molecule has 6 nitrogen and oxygen atoms in total. The molecule has 1 amide bonds. The van der Waals surface area contributed by atoms with Crippen molar-refractivity contribution in [3.63, 3.8) is 0 Å². The zero-order chi connectivity index (χ0) is 21.4. The zero-order valence-corrected chi connectivity index (χ0v) is 17.8. The van der Waals surface area contributed by atoms with Gasteiger partial charge in [0.05, 0.1) is 18.4 Å². The highest BCUT2D eigenvalue weighted by atomic mass is 35.5. The van der Waals surface area contributed by atoms with Gasteiger partial charge in [0, 0.05) is 16.5 Å². The number of halogens is 1. The summed E-state index contributed by atoms with van der Waals surface area (Å²) in [6.07, 6.45) is 5.90. The SMILES string of the molecule is O=C(Cn1c2ccccc2c2ncn(Cc3ccccc3Cl)c(=O)c21)NC1CCCC1. The molecule has 7 heteroatoms. The van der Waals surface area contributed by atoms with Crippen LogP contribution < -0.4 is 10.9 Å². The molecular weight excluding hydrogens is 412 g/mol. The van der Waals surface area contributed by atoms with Crippen LogP contribution >= 0.6 is 11.6 Å². The maximum Gasteiger partial charge on any atom is 0.278 e. The van der Waals surface area contributed by atoms with Crippen LogP contribution in [0.4, 0.5) is 0 Å². The second kappa shape index (κ2) is 8.19. The Morgan fingerprint density at radius 2 is 1.84 bits per heavy atom. The molecule has 1 N–H and O–H groups in total. The van der Waals surface area contributed by atoms with Crippen LogP contribution in [0.3, 0.4) is 0 Å². The quantitative estimate of drug-likeness (QED) is 0.514. The van der Waals surface area contributed by atoms with E-state index in [1.54, 1.807) is 21.5 Å². The lowest BCUT2D eigenvalue weighted by Crippen LogP contribution is -2.35. The van der Waals surface area contributed by atoms with Crippen molar-refractivity contribution in [1.29, 1.82) is 0 Å². The molecule has 1 saturated carbocycles. The van der Waals surface area contributed by atoms with Crippen molar-refractivity contribution in [3.05, 3.63) is 75.8 Å². The van der Waals surface area contributed by atoms with E-state index in [9.17, 15) is 9.59 Å². The first-order valence-electron chi connectivity index (χ1n) is 10.6. The van der Waals surface area contributed by atoms with Gasteiger partial charge in [-0.05, 0) is 30.5 Å². The van der Waals surface area contributed by atoms with E-state index < -0.39 is 0 Å². The number of hydrogen-bond donors (Lipinski definition) is 1. The monoisotopic (exact) mass is 434 g/mol. The molecule has 1 fully saturated rings. The molecule has 0 radical (unpaired) electrons. The average molecular weight is 435 g/mol. The summed E-state index contributed by atoms with van der Waals surface area (Å²) in [5.41, 5.74) is 2.55. The Balaban J connectivity index is 1.59. The second-order valence-electron chi connectivity index (χ2n) is 8.12. The third-order valence-corrected chi connectivity index (χ3v) is 6.42. The molecule has 2 heterocycles. The normalized spacial score (nSPS) is 14.5. The van der Waals surface area contributed by atoms with E-state index in [-0.39, 0.29) is 24.1 Å². The van der Waals surface area contributed by atoms with Gasteiger partial charge in [-0.25, -0.2) is 4.98 Å². The fourth-order valence-corrected chi connectivity index (χ4v) is 4.72. The van der Waals surface area contributed by atoms with Gasteiger partial charge in [0.15, 0.2) is 0 Å². The highest BCUT2D eigenvalue weighted by molar-refractivity contribution is 6.31. The number of rotatable bonds is 5. The van der Waals surface area contributed by atoms with Crippen LogP contribution in [0.25, 0.3) is 21.9 Å². The predicted octanol–water partition coefficient (Wildman–Crippen LogP) is 4.11.